The molecular weight excluding hydrogens is 317 g/mol. The molecule has 2 amide bonds. The highest BCUT2D eigenvalue weighted by Gasteiger charge is 2.17. The standard InChI is InChI=1S/C16H18FN3O4/c1-9-12(10(2)24-19-9)8-20(3)16(22)18-14-7-11(15(21)23-4)5-6-13(14)17/h5-7H,8H2,1-4H3,(H,18,22). The number of carbonyl (C=O) groups excluding carboxylic acids is 2. The Bertz CT molecular complexity index is 753. The van der Waals surface area contributed by atoms with Crippen molar-refractivity contribution in [1.82, 2.24) is 10.1 Å². The lowest BCUT2D eigenvalue weighted by atomic mass is 10.2. The van der Waals surface area contributed by atoms with Gasteiger partial charge in [-0.2, -0.15) is 0 Å². The van der Waals surface area contributed by atoms with Crippen molar-refractivity contribution in [3.8, 4) is 0 Å². The number of ether oxygens (including phenoxy) is 1. The Morgan fingerprint density at radius 2 is 2.08 bits per heavy atom. The fourth-order valence-corrected chi connectivity index (χ4v) is 2.11. The van der Waals surface area contributed by atoms with Crippen molar-refractivity contribution >= 4 is 17.7 Å². The van der Waals surface area contributed by atoms with Gasteiger partial charge in [0.25, 0.3) is 0 Å². The number of hydrogen-bond acceptors (Lipinski definition) is 5. The van der Waals surface area contributed by atoms with Crippen molar-refractivity contribution in [3.05, 3.63) is 46.6 Å². The summed E-state index contributed by atoms with van der Waals surface area (Å²) in [7, 11) is 2.78. The van der Waals surface area contributed by atoms with Gasteiger partial charge in [0.2, 0.25) is 0 Å². The number of benzene rings is 1. The number of anilines is 1. The molecule has 1 heterocycles. The van der Waals surface area contributed by atoms with Gasteiger partial charge in [-0.05, 0) is 32.0 Å². The van der Waals surface area contributed by atoms with Crippen LogP contribution < -0.4 is 5.32 Å². The molecule has 0 aliphatic heterocycles. The summed E-state index contributed by atoms with van der Waals surface area (Å²) >= 11 is 0. The van der Waals surface area contributed by atoms with Crippen LogP contribution >= 0.6 is 0 Å². The average Bonchev–Trinajstić information content (AvgIpc) is 2.87. The van der Waals surface area contributed by atoms with Gasteiger partial charge >= 0.3 is 12.0 Å². The Hall–Kier alpha value is -2.90. The Kier molecular flexibility index (Phi) is 5.18. The minimum atomic E-state index is -0.651. The van der Waals surface area contributed by atoms with Gasteiger partial charge in [0, 0.05) is 12.6 Å². The number of halogens is 1. The lowest BCUT2D eigenvalue weighted by Gasteiger charge is -2.18. The van der Waals surface area contributed by atoms with Crippen molar-refractivity contribution < 1.29 is 23.2 Å². The minimum absolute atomic E-state index is 0.103. The first kappa shape index (κ1) is 17.5. The Labute approximate surface area is 138 Å². The van der Waals surface area contributed by atoms with Crippen LogP contribution in [-0.4, -0.2) is 36.2 Å². The number of amides is 2. The van der Waals surface area contributed by atoms with E-state index in [1.54, 1.807) is 20.9 Å². The van der Waals surface area contributed by atoms with Gasteiger partial charge in [-0.25, -0.2) is 14.0 Å². The van der Waals surface area contributed by atoms with Gasteiger partial charge in [0.05, 0.1) is 30.6 Å². The topological polar surface area (TPSA) is 84.7 Å². The highest BCUT2D eigenvalue weighted by molar-refractivity contribution is 5.94. The number of nitrogens with one attached hydrogen (secondary N) is 1. The van der Waals surface area contributed by atoms with Crippen LogP contribution in [0.2, 0.25) is 0 Å². The van der Waals surface area contributed by atoms with E-state index in [1.165, 1.54) is 24.1 Å². The monoisotopic (exact) mass is 335 g/mol. The Balaban J connectivity index is 2.12. The van der Waals surface area contributed by atoms with Crippen LogP contribution in [0.5, 0.6) is 0 Å². The summed E-state index contributed by atoms with van der Waals surface area (Å²) in [4.78, 5) is 25.1. The number of methoxy groups -OCH3 is 1. The molecule has 2 aromatic rings. The largest absolute Gasteiger partial charge is 0.465 e. The van der Waals surface area contributed by atoms with E-state index in [9.17, 15) is 14.0 Å². The molecule has 0 radical (unpaired) electrons. The fourth-order valence-electron chi connectivity index (χ4n) is 2.11. The van der Waals surface area contributed by atoms with E-state index in [1.807, 2.05) is 0 Å². The molecule has 0 saturated carbocycles. The predicted molar refractivity (Wildman–Crippen MR) is 84.2 cm³/mol. The average molecular weight is 335 g/mol. The summed E-state index contributed by atoms with van der Waals surface area (Å²) in [6.07, 6.45) is 0. The minimum Gasteiger partial charge on any atom is -0.465 e. The second kappa shape index (κ2) is 7.12. The molecule has 0 saturated heterocycles. The van der Waals surface area contributed by atoms with E-state index in [4.69, 9.17) is 4.52 Å². The van der Waals surface area contributed by atoms with E-state index in [2.05, 4.69) is 15.2 Å². The van der Waals surface area contributed by atoms with Crippen LogP contribution in [0.25, 0.3) is 0 Å². The zero-order valence-electron chi connectivity index (χ0n) is 13.8. The second-order valence-corrected chi connectivity index (χ2v) is 5.28. The molecule has 0 atom stereocenters. The summed E-state index contributed by atoms with van der Waals surface area (Å²) in [5, 5.41) is 6.26. The Morgan fingerprint density at radius 1 is 1.38 bits per heavy atom. The maximum atomic E-state index is 13.9. The molecular formula is C16H18FN3O4. The number of urea groups is 1. The number of aromatic nitrogens is 1. The van der Waals surface area contributed by atoms with Crippen LogP contribution in [0.15, 0.2) is 22.7 Å². The summed E-state index contributed by atoms with van der Waals surface area (Å²) in [6.45, 7) is 3.78. The molecule has 128 valence electrons. The lowest BCUT2D eigenvalue weighted by Crippen LogP contribution is -2.31. The SMILES string of the molecule is COC(=O)c1ccc(F)c(NC(=O)N(C)Cc2c(C)noc2C)c1. The number of carbonyl (C=O) groups is 2. The van der Waals surface area contributed by atoms with Gasteiger partial charge in [0.1, 0.15) is 11.6 Å². The Morgan fingerprint density at radius 3 is 2.67 bits per heavy atom. The van der Waals surface area contributed by atoms with Gasteiger partial charge < -0.3 is 19.5 Å². The third-order valence-corrected chi connectivity index (χ3v) is 3.55. The molecule has 0 unspecified atom stereocenters. The van der Waals surface area contributed by atoms with Crippen LogP contribution in [-0.2, 0) is 11.3 Å². The smallest absolute Gasteiger partial charge is 0.337 e. The summed E-state index contributed by atoms with van der Waals surface area (Å²) in [6, 6.07) is 3.07. The molecule has 1 aromatic heterocycles. The van der Waals surface area contributed by atoms with Crippen molar-refractivity contribution in [2.45, 2.75) is 20.4 Å². The van der Waals surface area contributed by atoms with Crippen molar-refractivity contribution in [3.63, 3.8) is 0 Å². The molecule has 1 N–H and O–H groups in total. The van der Waals surface area contributed by atoms with Crippen LogP contribution in [0.3, 0.4) is 0 Å². The number of aryl methyl sites for hydroxylation is 2. The first-order valence-electron chi connectivity index (χ1n) is 7.15. The fraction of sp³-hybridized carbons (Fsp3) is 0.312. The van der Waals surface area contributed by atoms with Crippen molar-refractivity contribution in [2.24, 2.45) is 0 Å². The molecule has 2 rings (SSSR count). The molecule has 0 aliphatic carbocycles. The maximum Gasteiger partial charge on any atom is 0.337 e. The normalized spacial score (nSPS) is 10.4. The zero-order chi connectivity index (χ0) is 17.9. The number of hydrogen-bond donors (Lipinski definition) is 1. The quantitative estimate of drug-likeness (QED) is 0.869. The van der Waals surface area contributed by atoms with Gasteiger partial charge in [-0.3, -0.25) is 0 Å². The summed E-state index contributed by atoms with van der Waals surface area (Å²) < 4.78 is 23.5. The third-order valence-electron chi connectivity index (χ3n) is 3.55. The highest BCUT2D eigenvalue weighted by Crippen LogP contribution is 2.19. The molecule has 0 fully saturated rings. The van der Waals surface area contributed by atoms with Crippen LogP contribution in [0.4, 0.5) is 14.9 Å². The first-order chi connectivity index (χ1) is 11.3. The van der Waals surface area contributed by atoms with Gasteiger partial charge in [-0.15, -0.1) is 0 Å². The van der Waals surface area contributed by atoms with Crippen molar-refractivity contribution in [2.75, 3.05) is 19.5 Å². The van der Waals surface area contributed by atoms with E-state index in [-0.39, 0.29) is 17.8 Å². The number of nitrogens with zero attached hydrogens (tertiary/aromatic N) is 2. The maximum absolute atomic E-state index is 13.9. The number of rotatable bonds is 4. The highest BCUT2D eigenvalue weighted by atomic mass is 19.1. The zero-order valence-corrected chi connectivity index (χ0v) is 13.8. The van der Waals surface area contributed by atoms with Crippen molar-refractivity contribution in [1.29, 1.82) is 0 Å². The van der Waals surface area contributed by atoms with E-state index in [0.29, 0.717) is 11.5 Å². The van der Waals surface area contributed by atoms with E-state index >= 15 is 0 Å². The number of esters is 1. The molecule has 0 aliphatic rings. The van der Waals surface area contributed by atoms with E-state index < -0.39 is 17.8 Å². The summed E-state index contributed by atoms with van der Waals surface area (Å²) in [5.41, 5.74) is 1.51. The first-order valence-corrected chi connectivity index (χ1v) is 7.15. The van der Waals surface area contributed by atoms with Crippen LogP contribution in [0, 0.1) is 19.7 Å². The lowest BCUT2D eigenvalue weighted by molar-refractivity contribution is 0.0600. The van der Waals surface area contributed by atoms with E-state index in [0.717, 1.165) is 11.6 Å². The van der Waals surface area contributed by atoms with Crippen LogP contribution in [0.1, 0.15) is 27.4 Å². The summed E-state index contributed by atoms with van der Waals surface area (Å²) in [5.74, 6) is -0.651. The molecule has 1 aromatic carbocycles. The third kappa shape index (κ3) is 3.70. The molecule has 7 nitrogen and oxygen atoms in total. The van der Waals surface area contributed by atoms with Gasteiger partial charge in [-0.1, -0.05) is 5.16 Å². The predicted octanol–water partition coefficient (Wildman–Crippen LogP) is 2.88. The van der Waals surface area contributed by atoms with Gasteiger partial charge in [0.15, 0.2) is 0 Å². The molecule has 0 bridgehead atoms. The molecule has 8 heteroatoms. The molecule has 0 spiro atoms. The molecule has 24 heavy (non-hydrogen) atoms. The second-order valence-electron chi connectivity index (χ2n) is 5.28.